The summed E-state index contributed by atoms with van der Waals surface area (Å²) in [5.74, 6) is 0. The number of nitrogens with zero attached hydrogens (tertiary/aromatic N) is 2. The second-order valence-corrected chi connectivity index (χ2v) is 4.25. The van der Waals surface area contributed by atoms with Crippen molar-refractivity contribution >= 4 is 0 Å². The highest BCUT2D eigenvalue weighted by atomic mass is 19.4. The zero-order valence-electron chi connectivity index (χ0n) is 10.4. The molecule has 102 valence electrons. The summed E-state index contributed by atoms with van der Waals surface area (Å²) in [5.41, 5.74) is 7.32. The molecule has 0 saturated heterocycles. The molecule has 0 spiro atoms. The van der Waals surface area contributed by atoms with Crippen molar-refractivity contribution in [1.29, 1.82) is 0 Å². The van der Waals surface area contributed by atoms with Gasteiger partial charge in [-0.1, -0.05) is 0 Å². The predicted octanol–water partition coefficient (Wildman–Crippen LogP) is 2.70. The first kappa shape index (κ1) is 13.6. The average molecular weight is 269 g/mol. The van der Waals surface area contributed by atoms with Crippen LogP contribution in [-0.4, -0.2) is 16.3 Å². The largest absolute Gasteiger partial charge is 0.416 e. The number of alkyl halides is 3. The standard InChI is InChI=1S/C13H14F3N3/c1-9-10(6-7-17)8-18-19(9)12-4-2-11(3-5-12)13(14,15)16/h2-5,8H,6-7,17H2,1H3. The Labute approximate surface area is 108 Å². The molecule has 0 amide bonds. The Morgan fingerprint density at radius 2 is 1.84 bits per heavy atom. The van der Waals surface area contributed by atoms with Gasteiger partial charge in [-0.15, -0.1) is 0 Å². The lowest BCUT2D eigenvalue weighted by molar-refractivity contribution is -0.137. The topological polar surface area (TPSA) is 43.8 Å². The van der Waals surface area contributed by atoms with Crippen molar-refractivity contribution in [1.82, 2.24) is 9.78 Å². The van der Waals surface area contributed by atoms with Crippen LogP contribution in [0.1, 0.15) is 16.8 Å². The van der Waals surface area contributed by atoms with Crippen LogP contribution >= 0.6 is 0 Å². The predicted molar refractivity (Wildman–Crippen MR) is 66.1 cm³/mol. The van der Waals surface area contributed by atoms with Crippen LogP contribution in [0.2, 0.25) is 0 Å². The molecule has 2 N–H and O–H groups in total. The Morgan fingerprint density at radius 3 is 2.37 bits per heavy atom. The van der Waals surface area contributed by atoms with Crippen molar-refractivity contribution in [3.05, 3.63) is 47.3 Å². The highest BCUT2D eigenvalue weighted by Crippen LogP contribution is 2.29. The van der Waals surface area contributed by atoms with Gasteiger partial charge in [0.25, 0.3) is 0 Å². The van der Waals surface area contributed by atoms with E-state index >= 15 is 0 Å². The van der Waals surface area contributed by atoms with Gasteiger partial charge in [0.2, 0.25) is 0 Å². The molecule has 0 fully saturated rings. The SMILES string of the molecule is Cc1c(CCN)cnn1-c1ccc(C(F)(F)F)cc1. The summed E-state index contributed by atoms with van der Waals surface area (Å²) in [6.07, 6.45) is -1.92. The normalized spacial score (nSPS) is 11.8. The summed E-state index contributed by atoms with van der Waals surface area (Å²) in [6, 6.07) is 4.93. The van der Waals surface area contributed by atoms with E-state index in [1.54, 1.807) is 10.9 Å². The smallest absolute Gasteiger partial charge is 0.330 e. The molecule has 3 nitrogen and oxygen atoms in total. The quantitative estimate of drug-likeness (QED) is 0.931. The summed E-state index contributed by atoms with van der Waals surface area (Å²) in [4.78, 5) is 0. The number of rotatable bonds is 3. The van der Waals surface area contributed by atoms with Gasteiger partial charge >= 0.3 is 6.18 Å². The highest BCUT2D eigenvalue weighted by molar-refractivity contribution is 5.37. The van der Waals surface area contributed by atoms with Crippen molar-refractivity contribution in [2.45, 2.75) is 19.5 Å². The second kappa shape index (κ2) is 5.05. The fourth-order valence-corrected chi connectivity index (χ4v) is 1.90. The van der Waals surface area contributed by atoms with E-state index in [9.17, 15) is 13.2 Å². The lowest BCUT2D eigenvalue weighted by Gasteiger charge is -2.09. The third-order valence-electron chi connectivity index (χ3n) is 2.96. The molecule has 0 aliphatic carbocycles. The number of aromatic nitrogens is 2. The van der Waals surface area contributed by atoms with Gasteiger partial charge in [-0.25, -0.2) is 4.68 Å². The van der Waals surface area contributed by atoms with Gasteiger partial charge in [-0.2, -0.15) is 18.3 Å². The number of nitrogens with two attached hydrogens (primary N) is 1. The van der Waals surface area contributed by atoms with Crippen molar-refractivity contribution in [3.63, 3.8) is 0 Å². The molecule has 1 heterocycles. The second-order valence-electron chi connectivity index (χ2n) is 4.25. The first-order valence-electron chi connectivity index (χ1n) is 5.84. The minimum absolute atomic E-state index is 0.513. The zero-order chi connectivity index (χ0) is 14.0. The Bertz CT molecular complexity index is 556. The van der Waals surface area contributed by atoms with Crippen molar-refractivity contribution in [3.8, 4) is 5.69 Å². The molecular weight excluding hydrogens is 255 g/mol. The van der Waals surface area contributed by atoms with Crippen molar-refractivity contribution in [2.24, 2.45) is 5.73 Å². The molecule has 0 radical (unpaired) electrons. The highest BCUT2D eigenvalue weighted by Gasteiger charge is 2.30. The molecule has 2 rings (SSSR count). The van der Waals surface area contributed by atoms with Crippen molar-refractivity contribution in [2.75, 3.05) is 6.54 Å². The Kier molecular flexibility index (Phi) is 3.61. The van der Waals surface area contributed by atoms with Gasteiger partial charge in [-0.05, 0) is 49.7 Å². The fraction of sp³-hybridized carbons (Fsp3) is 0.308. The third kappa shape index (κ3) is 2.78. The Balaban J connectivity index is 2.32. The van der Waals surface area contributed by atoms with E-state index in [0.29, 0.717) is 18.7 Å². The maximum absolute atomic E-state index is 12.5. The minimum Gasteiger partial charge on any atom is -0.330 e. The van der Waals surface area contributed by atoms with Crippen LogP contribution < -0.4 is 5.73 Å². The van der Waals surface area contributed by atoms with Crippen LogP contribution in [0.15, 0.2) is 30.5 Å². The Morgan fingerprint density at radius 1 is 1.21 bits per heavy atom. The van der Waals surface area contributed by atoms with Crippen LogP contribution in [0.5, 0.6) is 0 Å². The zero-order valence-corrected chi connectivity index (χ0v) is 10.4. The summed E-state index contributed by atoms with van der Waals surface area (Å²) < 4.78 is 39.0. The van der Waals surface area contributed by atoms with Crippen LogP contribution in [0.25, 0.3) is 5.69 Å². The molecule has 0 bridgehead atoms. The molecule has 6 heteroatoms. The van der Waals surface area contributed by atoms with E-state index in [1.807, 2.05) is 6.92 Å². The van der Waals surface area contributed by atoms with Gasteiger partial charge in [0, 0.05) is 5.69 Å². The lowest BCUT2D eigenvalue weighted by Crippen LogP contribution is -2.06. The van der Waals surface area contributed by atoms with Crippen LogP contribution in [0.3, 0.4) is 0 Å². The summed E-state index contributed by atoms with van der Waals surface area (Å²) in [7, 11) is 0. The average Bonchev–Trinajstić information content (AvgIpc) is 2.71. The molecule has 0 aliphatic heterocycles. The molecule has 1 aromatic carbocycles. The van der Waals surface area contributed by atoms with E-state index in [-0.39, 0.29) is 0 Å². The molecule has 0 unspecified atom stereocenters. The van der Waals surface area contributed by atoms with Crippen LogP contribution in [0, 0.1) is 6.92 Å². The summed E-state index contributed by atoms with van der Waals surface area (Å²) in [5, 5.41) is 4.18. The van der Waals surface area contributed by atoms with E-state index in [4.69, 9.17) is 5.73 Å². The molecular formula is C13H14F3N3. The van der Waals surface area contributed by atoms with Gasteiger partial charge in [0.15, 0.2) is 0 Å². The Hall–Kier alpha value is -1.82. The van der Waals surface area contributed by atoms with E-state index in [0.717, 1.165) is 23.4 Å². The number of hydrogen-bond acceptors (Lipinski definition) is 2. The van der Waals surface area contributed by atoms with Gasteiger partial charge in [0.05, 0.1) is 17.4 Å². The van der Waals surface area contributed by atoms with Gasteiger partial charge in [0.1, 0.15) is 0 Å². The van der Waals surface area contributed by atoms with E-state index in [1.165, 1.54) is 12.1 Å². The van der Waals surface area contributed by atoms with E-state index in [2.05, 4.69) is 5.10 Å². The summed E-state index contributed by atoms with van der Waals surface area (Å²) >= 11 is 0. The third-order valence-corrected chi connectivity index (χ3v) is 2.96. The van der Waals surface area contributed by atoms with Gasteiger partial charge < -0.3 is 5.73 Å². The first-order chi connectivity index (χ1) is 8.93. The molecule has 0 saturated carbocycles. The number of benzene rings is 1. The van der Waals surface area contributed by atoms with Crippen LogP contribution in [-0.2, 0) is 12.6 Å². The van der Waals surface area contributed by atoms with Crippen LogP contribution in [0.4, 0.5) is 13.2 Å². The maximum Gasteiger partial charge on any atom is 0.416 e. The summed E-state index contributed by atoms with van der Waals surface area (Å²) in [6.45, 7) is 2.38. The lowest BCUT2D eigenvalue weighted by atomic mass is 10.2. The molecule has 19 heavy (non-hydrogen) atoms. The molecule has 0 aliphatic rings. The minimum atomic E-state index is -4.32. The molecule has 2 aromatic rings. The van der Waals surface area contributed by atoms with E-state index < -0.39 is 11.7 Å². The molecule has 0 atom stereocenters. The number of hydrogen-bond donors (Lipinski definition) is 1. The maximum atomic E-state index is 12.5. The number of halogens is 3. The fourth-order valence-electron chi connectivity index (χ4n) is 1.90. The molecule has 1 aromatic heterocycles. The van der Waals surface area contributed by atoms with Crippen molar-refractivity contribution < 1.29 is 13.2 Å². The first-order valence-corrected chi connectivity index (χ1v) is 5.84. The monoisotopic (exact) mass is 269 g/mol. The van der Waals surface area contributed by atoms with Gasteiger partial charge in [-0.3, -0.25) is 0 Å².